The quantitative estimate of drug-likeness (QED) is 0.917. The van der Waals surface area contributed by atoms with Crippen LogP contribution in [-0.4, -0.2) is 35.0 Å². The summed E-state index contributed by atoms with van der Waals surface area (Å²) in [5.74, 6) is -1.56. The lowest BCUT2D eigenvalue weighted by molar-refractivity contribution is -0.148. The predicted molar refractivity (Wildman–Crippen MR) is 75.0 cm³/mol. The van der Waals surface area contributed by atoms with Gasteiger partial charge in [0.15, 0.2) is 0 Å². The van der Waals surface area contributed by atoms with Gasteiger partial charge in [0.05, 0.1) is 9.89 Å². The Labute approximate surface area is 124 Å². The van der Waals surface area contributed by atoms with Crippen LogP contribution in [-0.2, 0) is 4.79 Å². The second kappa shape index (κ2) is 5.52. The normalized spacial score (nSPS) is 22.1. The molecule has 0 aliphatic carbocycles. The monoisotopic (exact) mass is 343 g/mol. The van der Waals surface area contributed by atoms with Crippen molar-refractivity contribution in [3.05, 3.63) is 34.1 Å². The number of rotatable bonds is 3. The average molecular weight is 344 g/mol. The van der Waals surface area contributed by atoms with E-state index >= 15 is 0 Å². The van der Waals surface area contributed by atoms with Crippen molar-refractivity contribution in [2.75, 3.05) is 13.1 Å². The van der Waals surface area contributed by atoms with Crippen LogP contribution in [0.3, 0.4) is 0 Å². The number of halogens is 2. The van der Waals surface area contributed by atoms with Gasteiger partial charge in [0.1, 0.15) is 5.82 Å². The molecule has 2 rings (SSSR count). The molecule has 1 heterocycles. The van der Waals surface area contributed by atoms with Crippen LogP contribution in [0, 0.1) is 11.2 Å². The lowest BCUT2D eigenvalue weighted by Gasteiger charge is -2.23. The lowest BCUT2D eigenvalue weighted by atomic mass is 9.84. The maximum Gasteiger partial charge on any atom is 0.311 e. The van der Waals surface area contributed by atoms with Crippen molar-refractivity contribution in [1.82, 2.24) is 4.90 Å². The molecule has 1 amide bonds. The zero-order valence-electron chi connectivity index (χ0n) is 11.0. The van der Waals surface area contributed by atoms with Crippen LogP contribution in [0.1, 0.15) is 30.1 Å². The van der Waals surface area contributed by atoms with E-state index in [-0.39, 0.29) is 16.9 Å². The maximum atomic E-state index is 13.2. The fraction of sp³-hybridized carbons (Fsp3) is 0.429. The molecule has 0 saturated carbocycles. The first-order chi connectivity index (χ1) is 9.39. The summed E-state index contributed by atoms with van der Waals surface area (Å²) in [4.78, 5) is 25.2. The molecular formula is C14H15BrFNO3. The first-order valence-corrected chi connectivity index (χ1v) is 7.16. The third kappa shape index (κ3) is 2.57. The predicted octanol–water partition coefficient (Wildman–Crippen LogP) is 2.92. The van der Waals surface area contributed by atoms with Crippen LogP contribution in [0.2, 0.25) is 0 Å². The molecule has 108 valence electrons. The summed E-state index contributed by atoms with van der Waals surface area (Å²) < 4.78 is 13.4. The Hall–Kier alpha value is -1.43. The zero-order valence-corrected chi connectivity index (χ0v) is 12.6. The molecule has 1 aromatic rings. The molecule has 1 saturated heterocycles. The smallest absolute Gasteiger partial charge is 0.311 e. The standard InChI is InChI=1S/C14H15BrFNO3/c1-2-14(13(19)20)5-6-17(8-14)12(18)9-3-4-11(16)10(15)7-9/h3-4,7H,2,5-6,8H2,1H3,(H,19,20). The van der Waals surface area contributed by atoms with Crippen LogP contribution in [0.4, 0.5) is 4.39 Å². The number of carbonyl (C=O) groups is 2. The number of hydrogen-bond donors (Lipinski definition) is 1. The number of benzene rings is 1. The minimum atomic E-state index is -0.865. The molecule has 0 spiro atoms. The fourth-order valence-corrected chi connectivity index (χ4v) is 2.85. The third-order valence-corrected chi connectivity index (χ3v) is 4.55. The molecule has 1 aliphatic heterocycles. The molecular weight excluding hydrogens is 329 g/mol. The fourth-order valence-electron chi connectivity index (χ4n) is 2.47. The Morgan fingerprint density at radius 1 is 1.50 bits per heavy atom. The number of aliphatic carboxylic acids is 1. The lowest BCUT2D eigenvalue weighted by Crippen LogP contribution is -2.36. The van der Waals surface area contributed by atoms with E-state index in [1.54, 1.807) is 0 Å². The van der Waals surface area contributed by atoms with Gasteiger partial charge in [-0.2, -0.15) is 0 Å². The highest BCUT2D eigenvalue weighted by Crippen LogP contribution is 2.35. The van der Waals surface area contributed by atoms with Gasteiger partial charge >= 0.3 is 5.97 Å². The summed E-state index contributed by atoms with van der Waals surface area (Å²) >= 11 is 3.04. The Kier molecular flexibility index (Phi) is 4.13. The van der Waals surface area contributed by atoms with Gasteiger partial charge in [-0.1, -0.05) is 6.92 Å². The van der Waals surface area contributed by atoms with Crippen molar-refractivity contribution < 1.29 is 19.1 Å². The Morgan fingerprint density at radius 3 is 2.70 bits per heavy atom. The van der Waals surface area contributed by atoms with Crippen molar-refractivity contribution in [2.45, 2.75) is 19.8 Å². The molecule has 1 atom stereocenters. The van der Waals surface area contributed by atoms with Gasteiger partial charge in [0, 0.05) is 18.7 Å². The van der Waals surface area contributed by atoms with E-state index in [0.717, 1.165) is 0 Å². The van der Waals surface area contributed by atoms with Gasteiger partial charge in [-0.25, -0.2) is 4.39 Å². The molecule has 1 aromatic carbocycles. The summed E-state index contributed by atoms with van der Waals surface area (Å²) in [7, 11) is 0. The number of likely N-dealkylation sites (tertiary alicyclic amines) is 1. The summed E-state index contributed by atoms with van der Waals surface area (Å²) in [5.41, 5.74) is -0.497. The maximum absolute atomic E-state index is 13.2. The number of carboxylic acid groups (broad SMARTS) is 1. The summed E-state index contributed by atoms with van der Waals surface area (Å²) in [6, 6.07) is 4.05. The second-order valence-electron chi connectivity index (χ2n) is 5.04. The van der Waals surface area contributed by atoms with Crippen LogP contribution >= 0.6 is 15.9 Å². The molecule has 20 heavy (non-hydrogen) atoms. The van der Waals surface area contributed by atoms with Crippen LogP contribution < -0.4 is 0 Å². The number of carbonyl (C=O) groups excluding carboxylic acids is 1. The minimum absolute atomic E-state index is 0.201. The molecule has 6 heteroatoms. The van der Waals surface area contributed by atoms with E-state index in [2.05, 4.69) is 15.9 Å². The Balaban J connectivity index is 2.19. The second-order valence-corrected chi connectivity index (χ2v) is 5.90. The minimum Gasteiger partial charge on any atom is -0.481 e. The highest BCUT2D eigenvalue weighted by Gasteiger charge is 2.44. The Morgan fingerprint density at radius 2 is 2.20 bits per heavy atom. The van der Waals surface area contributed by atoms with E-state index < -0.39 is 17.2 Å². The summed E-state index contributed by atoms with van der Waals surface area (Å²) in [5, 5.41) is 9.32. The highest BCUT2D eigenvalue weighted by atomic mass is 79.9. The van der Waals surface area contributed by atoms with Gasteiger partial charge in [0.2, 0.25) is 0 Å². The molecule has 1 unspecified atom stereocenters. The van der Waals surface area contributed by atoms with Crippen LogP contribution in [0.25, 0.3) is 0 Å². The van der Waals surface area contributed by atoms with Crippen molar-refractivity contribution in [1.29, 1.82) is 0 Å². The molecule has 1 fully saturated rings. The van der Waals surface area contributed by atoms with E-state index in [0.29, 0.717) is 24.9 Å². The molecule has 0 aromatic heterocycles. The summed E-state index contributed by atoms with van der Waals surface area (Å²) in [6.07, 6.45) is 0.937. The molecule has 0 radical (unpaired) electrons. The van der Waals surface area contributed by atoms with E-state index in [4.69, 9.17) is 0 Å². The molecule has 4 nitrogen and oxygen atoms in total. The zero-order chi connectivity index (χ0) is 14.9. The third-order valence-electron chi connectivity index (χ3n) is 3.94. The van der Waals surface area contributed by atoms with Crippen LogP contribution in [0.5, 0.6) is 0 Å². The number of nitrogens with zero attached hydrogens (tertiary/aromatic N) is 1. The van der Waals surface area contributed by atoms with Gasteiger partial charge in [0.25, 0.3) is 5.91 Å². The number of carboxylic acids is 1. The van der Waals surface area contributed by atoms with E-state index in [1.807, 2.05) is 6.92 Å². The largest absolute Gasteiger partial charge is 0.481 e. The van der Waals surface area contributed by atoms with Gasteiger partial charge in [-0.3, -0.25) is 9.59 Å². The van der Waals surface area contributed by atoms with Crippen molar-refractivity contribution in [3.63, 3.8) is 0 Å². The Bertz CT molecular complexity index is 563. The van der Waals surface area contributed by atoms with Crippen molar-refractivity contribution >= 4 is 27.8 Å². The van der Waals surface area contributed by atoms with Crippen molar-refractivity contribution in [2.24, 2.45) is 5.41 Å². The van der Waals surface area contributed by atoms with E-state index in [1.165, 1.54) is 23.1 Å². The number of hydrogen-bond acceptors (Lipinski definition) is 2. The molecule has 1 aliphatic rings. The topological polar surface area (TPSA) is 57.6 Å². The first-order valence-electron chi connectivity index (χ1n) is 6.37. The summed E-state index contributed by atoms with van der Waals surface area (Å²) in [6.45, 7) is 2.43. The van der Waals surface area contributed by atoms with Crippen LogP contribution in [0.15, 0.2) is 22.7 Å². The van der Waals surface area contributed by atoms with Crippen molar-refractivity contribution in [3.8, 4) is 0 Å². The number of amides is 1. The molecule has 1 N–H and O–H groups in total. The average Bonchev–Trinajstić information content (AvgIpc) is 2.87. The SMILES string of the molecule is CCC1(C(=O)O)CCN(C(=O)c2ccc(F)c(Br)c2)C1. The first kappa shape index (κ1) is 15.0. The van der Waals surface area contributed by atoms with Gasteiger partial charge < -0.3 is 10.0 Å². The van der Waals surface area contributed by atoms with Gasteiger partial charge in [-0.05, 0) is 47.0 Å². The highest BCUT2D eigenvalue weighted by molar-refractivity contribution is 9.10. The van der Waals surface area contributed by atoms with Gasteiger partial charge in [-0.15, -0.1) is 0 Å². The van der Waals surface area contributed by atoms with E-state index in [9.17, 15) is 19.1 Å². The molecule has 0 bridgehead atoms.